The number of halogens is 1. The standard InChI is InChI=1S/C16H16ClNO4/c1-10(2)18(9-11-4-3-5-12(17)8-11)15(19)13-6-7-14(22-13)16(20)21/h3-8,10H,9H2,1-2H3,(H,20,21). The lowest BCUT2D eigenvalue weighted by molar-refractivity contribution is 0.0628. The summed E-state index contributed by atoms with van der Waals surface area (Å²) in [5.74, 6) is -1.81. The smallest absolute Gasteiger partial charge is 0.371 e. The summed E-state index contributed by atoms with van der Waals surface area (Å²) >= 11 is 5.96. The number of hydrogen-bond donors (Lipinski definition) is 1. The molecule has 0 aliphatic rings. The highest BCUT2D eigenvalue weighted by Gasteiger charge is 2.23. The average Bonchev–Trinajstić information content (AvgIpc) is 2.94. The fourth-order valence-electron chi connectivity index (χ4n) is 2.03. The van der Waals surface area contributed by atoms with E-state index in [0.29, 0.717) is 11.6 Å². The van der Waals surface area contributed by atoms with Gasteiger partial charge in [0.2, 0.25) is 5.76 Å². The second-order valence-corrected chi connectivity index (χ2v) is 5.56. The second kappa shape index (κ2) is 6.66. The highest BCUT2D eigenvalue weighted by molar-refractivity contribution is 6.30. The molecule has 0 bridgehead atoms. The maximum absolute atomic E-state index is 12.5. The molecular formula is C16H16ClNO4. The van der Waals surface area contributed by atoms with E-state index in [-0.39, 0.29) is 23.5 Å². The molecule has 0 atom stereocenters. The molecule has 1 aromatic carbocycles. The topological polar surface area (TPSA) is 70.8 Å². The number of amides is 1. The number of benzene rings is 1. The minimum Gasteiger partial charge on any atom is -0.475 e. The SMILES string of the molecule is CC(C)N(Cc1cccc(Cl)c1)C(=O)c1ccc(C(=O)O)o1. The number of hydrogen-bond acceptors (Lipinski definition) is 3. The van der Waals surface area contributed by atoms with Gasteiger partial charge in [-0.1, -0.05) is 23.7 Å². The Bertz CT molecular complexity index is 693. The van der Waals surface area contributed by atoms with E-state index in [2.05, 4.69) is 0 Å². The fourth-order valence-corrected chi connectivity index (χ4v) is 2.24. The van der Waals surface area contributed by atoms with Crippen LogP contribution in [0.15, 0.2) is 40.8 Å². The molecule has 0 radical (unpaired) electrons. The largest absolute Gasteiger partial charge is 0.475 e. The molecule has 0 unspecified atom stereocenters. The fraction of sp³-hybridized carbons (Fsp3) is 0.250. The summed E-state index contributed by atoms with van der Waals surface area (Å²) in [4.78, 5) is 24.9. The average molecular weight is 322 g/mol. The van der Waals surface area contributed by atoms with E-state index in [4.69, 9.17) is 21.1 Å². The van der Waals surface area contributed by atoms with Crippen LogP contribution in [0, 0.1) is 0 Å². The summed E-state index contributed by atoms with van der Waals surface area (Å²) in [6.45, 7) is 4.12. The Balaban J connectivity index is 2.23. The number of rotatable bonds is 5. The molecule has 0 spiro atoms. The highest BCUT2D eigenvalue weighted by atomic mass is 35.5. The molecule has 2 aromatic rings. The Morgan fingerprint density at radius 3 is 2.45 bits per heavy atom. The van der Waals surface area contributed by atoms with Crippen LogP contribution in [0.5, 0.6) is 0 Å². The number of carboxylic acid groups (broad SMARTS) is 1. The number of carboxylic acids is 1. The van der Waals surface area contributed by atoms with Crippen molar-refractivity contribution in [1.82, 2.24) is 4.90 Å². The van der Waals surface area contributed by atoms with E-state index >= 15 is 0 Å². The van der Waals surface area contributed by atoms with E-state index < -0.39 is 5.97 Å². The monoisotopic (exact) mass is 321 g/mol. The van der Waals surface area contributed by atoms with Gasteiger partial charge >= 0.3 is 5.97 Å². The first-order valence-corrected chi connectivity index (χ1v) is 7.15. The molecule has 1 heterocycles. The van der Waals surface area contributed by atoms with Crippen LogP contribution >= 0.6 is 11.6 Å². The van der Waals surface area contributed by atoms with Crippen LogP contribution < -0.4 is 0 Å². The van der Waals surface area contributed by atoms with Crippen LogP contribution in [0.1, 0.15) is 40.5 Å². The number of nitrogens with zero attached hydrogens (tertiary/aromatic N) is 1. The van der Waals surface area contributed by atoms with E-state index in [9.17, 15) is 9.59 Å². The van der Waals surface area contributed by atoms with Gasteiger partial charge in [-0.25, -0.2) is 4.79 Å². The second-order valence-electron chi connectivity index (χ2n) is 5.13. The highest BCUT2D eigenvalue weighted by Crippen LogP contribution is 2.18. The summed E-state index contributed by atoms with van der Waals surface area (Å²) in [6.07, 6.45) is 0. The molecular weight excluding hydrogens is 306 g/mol. The first-order chi connectivity index (χ1) is 10.4. The van der Waals surface area contributed by atoms with Gasteiger partial charge in [0.05, 0.1) is 0 Å². The molecule has 1 amide bonds. The number of carbonyl (C=O) groups excluding carboxylic acids is 1. The van der Waals surface area contributed by atoms with Gasteiger partial charge in [-0.05, 0) is 43.7 Å². The van der Waals surface area contributed by atoms with Crippen molar-refractivity contribution >= 4 is 23.5 Å². The molecule has 1 aromatic heterocycles. The van der Waals surface area contributed by atoms with Crippen molar-refractivity contribution < 1.29 is 19.1 Å². The zero-order valence-corrected chi connectivity index (χ0v) is 13.0. The number of aromatic carboxylic acids is 1. The third-order valence-electron chi connectivity index (χ3n) is 3.15. The Kier molecular flexibility index (Phi) is 4.88. The van der Waals surface area contributed by atoms with Gasteiger partial charge < -0.3 is 14.4 Å². The molecule has 1 N–H and O–H groups in total. The van der Waals surface area contributed by atoms with Gasteiger partial charge in [0.15, 0.2) is 5.76 Å². The van der Waals surface area contributed by atoms with Crippen molar-refractivity contribution in [3.05, 3.63) is 58.5 Å². The van der Waals surface area contributed by atoms with Crippen LogP contribution in [0.25, 0.3) is 0 Å². The zero-order chi connectivity index (χ0) is 16.3. The lowest BCUT2D eigenvalue weighted by atomic mass is 10.2. The van der Waals surface area contributed by atoms with Crippen LogP contribution in [0.4, 0.5) is 0 Å². The van der Waals surface area contributed by atoms with E-state index in [1.165, 1.54) is 12.1 Å². The van der Waals surface area contributed by atoms with Crippen molar-refractivity contribution in [2.24, 2.45) is 0 Å². The van der Waals surface area contributed by atoms with Crippen LogP contribution in [-0.2, 0) is 6.54 Å². The minimum absolute atomic E-state index is 0.00753. The number of carbonyl (C=O) groups is 2. The Morgan fingerprint density at radius 2 is 1.91 bits per heavy atom. The maximum Gasteiger partial charge on any atom is 0.371 e. The van der Waals surface area contributed by atoms with Crippen molar-refractivity contribution in [2.75, 3.05) is 0 Å². The Labute approximate surface area is 133 Å². The molecule has 0 saturated carbocycles. The van der Waals surface area contributed by atoms with E-state index in [0.717, 1.165) is 5.56 Å². The van der Waals surface area contributed by atoms with Gasteiger partial charge in [0, 0.05) is 17.6 Å². The number of furan rings is 1. The first-order valence-electron chi connectivity index (χ1n) is 6.77. The molecule has 2 rings (SSSR count). The molecule has 0 saturated heterocycles. The van der Waals surface area contributed by atoms with Crippen molar-refractivity contribution in [3.63, 3.8) is 0 Å². The quantitative estimate of drug-likeness (QED) is 0.911. The third kappa shape index (κ3) is 3.68. The van der Waals surface area contributed by atoms with Crippen LogP contribution in [-0.4, -0.2) is 27.9 Å². The van der Waals surface area contributed by atoms with Crippen LogP contribution in [0.3, 0.4) is 0 Å². The van der Waals surface area contributed by atoms with E-state index in [1.807, 2.05) is 26.0 Å². The molecule has 22 heavy (non-hydrogen) atoms. The van der Waals surface area contributed by atoms with Gasteiger partial charge in [0.1, 0.15) is 0 Å². The van der Waals surface area contributed by atoms with Gasteiger partial charge in [-0.15, -0.1) is 0 Å². The first kappa shape index (κ1) is 16.1. The summed E-state index contributed by atoms with van der Waals surface area (Å²) in [7, 11) is 0. The predicted octanol–water partition coefficient (Wildman–Crippen LogP) is 3.68. The normalized spacial score (nSPS) is 10.7. The molecule has 0 aliphatic carbocycles. The summed E-state index contributed by atoms with van der Waals surface area (Å²) in [6, 6.07) is 9.81. The lowest BCUT2D eigenvalue weighted by Gasteiger charge is -2.26. The summed E-state index contributed by atoms with van der Waals surface area (Å²) in [5, 5.41) is 9.46. The van der Waals surface area contributed by atoms with Crippen molar-refractivity contribution in [1.29, 1.82) is 0 Å². The molecule has 0 fully saturated rings. The maximum atomic E-state index is 12.5. The van der Waals surface area contributed by atoms with E-state index in [1.54, 1.807) is 17.0 Å². The third-order valence-corrected chi connectivity index (χ3v) is 3.39. The van der Waals surface area contributed by atoms with Gasteiger partial charge in [-0.2, -0.15) is 0 Å². The molecule has 0 aliphatic heterocycles. The Morgan fingerprint density at radius 1 is 1.23 bits per heavy atom. The molecule has 6 heteroatoms. The molecule has 116 valence electrons. The zero-order valence-electron chi connectivity index (χ0n) is 12.2. The van der Waals surface area contributed by atoms with Crippen LogP contribution in [0.2, 0.25) is 5.02 Å². The Hall–Kier alpha value is -2.27. The summed E-state index contributed by atoms with van der Waals surface area (Å²) < 4.78 is 5.08. The summed E-state index contributed by atoms with van der Waals surface area (Å²) in [5.41, 5.74) is 0.888. The molecule has 5 nitrogen and oxygen atoms in total. The van der Waals surface area contributed by atoms with Crippen molar-refractivity contribution in [3.8, 4) is 0 Å². The lowest BCUT2D eigenvalue weighted by Crippen LogP contribution is -2.36. The van der Waals surface area contributed by atoms with Gasteiger partial charge in [-0.3, -0.25) is 4.79 Å². The predicted molar refractivity (Wildman–Crippen MR) is 82.1 cm³/mol. The minimum atomic E-state index is -1.20. The van der Waals surface area contributed by atoms with Gasteiger partial charge in [0.25, 0.3) is 5.91 Å². The van der Waals surface area contributed by atoms with Crippen molar-refractivity contribution in [2.45, 2.75) is 26.4 Å².